The number of amides is 2. The lowest BCUT2D eigenvalue weighted by atomic mass is 9.69. The van der Waals surface area contributed by atoms with Crippen molar-refractivity contribution < 1.29 is 24.2 Å². The van der Waals surface area contributed by atoms with Gasteiger partial charge in [0.25, 0.3) is 0 Å². The van der Waals surface area contributed by atoms with Crippen LogP contribution in [0.25, 0.3) is 10.8 Å². The number of nitrogens with zero attached hydrogens (tertiary/aromatic N) is 1. The van der Waals surface area contributed by atoms with Crippen LogP contribution in [0.5, 0.6) is 0 Å². The maximum Gasteiger partial charge on any atom is 0.310 e. The Kier molecular flexibility index (Phi) is 7.79. The fourth-order valence-electron chi connectivity index (χ4n) is 5.85. The van der Waals surface area contributed by atoms with E-state index in [-0.39, 0.29) is 36.9 Å². The van der Waals surface area contributed by atoms with E-state index in [0.717, 1.165) is 10.8 Å². The number of aliphatic hydroxyl groups is 1. The van der Waals surface area contributed by atoms with Crippen molar-refractivity contribution in [3.05, 3.63) is 54.6 Å². The van der Waals surface area contributed by atoms with E-state index in [1.54, 1.807) is 6.92 Å². The van der Waals surface area contributed by atoms with Crippen LogP contribution in [0.1, 0.15) is 34.1 Å². The first-order valence-corrected chi connectivity index (χ1v) is 12.9. The van der Waals surface area contributed by atoms with Crippen LogP contribution in [0.4, 0.5) is 5.69 Å². The standard InChI is InChI=1S/C29H36N2O5/c1-5-18-12-14-22-25(24(18)29(35)36-6-2)28(34)31(23(16-32)17(3)4)26(22)27(33)30-21-13-11-19-9-7-8-10-20(19)15-21/h7-15,17-18,22-26,32H,5-6,16H2,1-4H3,(H,30,33)/t18-,22+,23+,24-,25+,26+/m1/s1. The van der Waals surface area contributed by atoms with Crippen LogP contribution in [-0.2, 0) is 19.1 Å². The molecule has 7 nitrogen and oxygen atoms in total. The average Bonchev–Trinajstić information content (AvgIpc) is 3.15. The molecule has 0 bridgehead atoms. The molecule has 0 saturated carbocycles. The van der Waals surface area contributed by atoms with Crippen LogP contribution in [-0.4, -0.2) is 53.1 Å². The van der Waals surface area contributed by atoms with E-state index in [2.05, 4.69) is 5.32 Å². The molecule has 1 aliphatic heterocycles. The van der Waals surface area contributed by atoms with Gasteiger partial charge in [0.15, 0.2) is 0 Å². The zero-order valence-corrected chi connectivity index (χ0v) is 21.4. The Morgan fingerprint density at radius 3 is 2.44 bits per heavy atom. The molecule has 2 aromatic rings. The first-order valence-electron chi connectivity index (χ1n) is 12.9. The highest BCUT2D eigenvalue weighted by Crippen LogP contribution is 2.46. The lowest BCUT2D eigenvalue weighted by Gasteiger charge is -2.35. The van der Waals surface area contributed by atoms with Crippen molar-refractivity contribution in [2.45, 2.75) is 46.2 Å². The molecule has 36 heavy (non-hydrogen) atoms. The summed E-state index contributed by atoms with van der Waals surface area (Å²) < 4.78 is 5.38. The molecule has 0 unspecified atom stereocenters. The van der Waals surface area contributed by atoms with Gasteiger partial charge in [-0.25, -0.2) is 0 Å². The maximum absolute atomic E-state index is 14.0. The van der Waals surface area contributed by atoms with E-state index in [0.29, 0.717) is 12.1 Å². The number of rotatable bonds is 8. The Morgan fingerprint density at radius 1 is 1.08 bits per heavy atom. The largest absolute Gasteiger partial charge is 0.466 e. The molecule has 2 aliphatic rings. The normalized spacial score (nSPS) is 26.2. The lowest BCUT2D eigenvalue weighted by molar-refractivity contribution is -0.156. The number of carbonyl (C=O) groups is 3. The quantitative estimate of drug-likeness (QED) is 0.429. The molecule has 6 atom stereocenters. The van der Waals surface area contributed by atoms with Crippen LogP contribution in [0.2, 0.25) is 0 Å². The summed E-state index contributed by atoms with van der Waals surface area (Å²) >= 11 is 0. The van der Waals surface area contributed by atoms with Crippen molar-refractivity contribution >= 4 is 34.2 Å². The highest BCUT2D eigenvalue weighted by atomic mass is 16.5. The van der Waals surface area contributed by atoms with Crippen LogP contribution in [0.15, 0.2) is 54.6 Å². The first kappa shape index (κ1) is 25.9. The molecule has 4 rings (SSSR count). The molecule has 0 radical (unpaired) electrons. The molecule has 0 aromatic heterocycles. The summed E-state index contributed by atoms with van der Waals surface area (Å²) in [5.41, 5.74) is 0.632. The van der Waals surface area contributed by atoms with Gasteiger partial charge < -0.3 is 20.1 Å². The molecule has 192 valence electrons. The van der Waals surface area contributed by atoms with E-state index >= 15 is 0 Å². The number of carbonyl (C=O) groups excluding carboxylic acids is 3. The molecule has 1 saturated heterocycles. The Bertz CT molecular complexity index is 1160. The number of anilines is 1. The number of hydrogen-bond donors (Lipinski definition) is 2. The van der Waals surface area contributed by atoms with Gasteiger partial charge in [-0.15, -0.1) is 0 Å². The topological polar surface area (TPSA) is 95.9 Å². The van der Waals surface area contributed by atoms with Crippen LogP contribution in [0.3, 0.4) is 0 Å². The smallest absolute Gasteiger partial charge is 0.310 e. The number of aliphatic hydroxyl groups excluding tert-OH is 1. The second-order valence-corrected chi connectivity index (χ2v) is 10.1. The number of nitrogens with one attached hydrogen (secondary N) is 1. The third-order valence-corrected chi connectivity index (χ3v) is 7.68. The van der Waals surface area contributed by atoms with E-state index in [1.165, 1.54) is 4.90 Å². The summed E-state index contributed by atoms with van der Waals surface area (Å²) in [5, 5.41) is 15.3. The van der Waals surface area contributed by atoms with Gasteiger partial charge >= 0.3 is 5.97 Å². The van der Waals surface area contributed by atoms with E-state index < -0.39 is 35.8 Å². The lowest BCUT2D eigenvalue weighted by Crippen LogP contribution is -2.52. The van der Waals surface area contributed by atoms with Gasteiger partial charge in [0, 0.05) is 11.6 Å². The summed E-state index contributed by atoms with van der Waals surface area (Å²) in [6.45, 7) is 7.52. The van der Waals surface area contributed by atoms with Gasteiger partial charge in [-0.2, -0.15) is 0 Å². The molecule has 1 aliphatic carbocycles. The summed E-state index contributed by atoms with van der Waals surface area (Å²) in [6, 6.07) is 12.2. The number of allylic oxidation sites excluding steroid dienone is 1. The van der Waals surface area contributed by atoms with Gasteiger partial charge in [-0.3, -0.25) is 14.4 Å². The van der Waals surface area contributed by atoms with Gasteiger partial charge in [0.1, 0.15) is 6.04 Å². The number of esters is 1. The van der Waals surface area contributed by atoms with Crippen LogP contribution in [0, 0.1) is 29.6 Å². The Labute approximate surface area is 212 Å². The zero-order valence-electron chi connectivity index (χ0n) is 21.4. The van der Waals surface area contributed by atoms with Crippen molar-refractivity contribution in [1.82, 2.24) is 4.90 Å². The summed E-state index contributed by atoms with van der Waals surface area (Å²) in [7, 11) is 0. The fraction of sp³-hybridized carbons (Fsp3) is 0.483. The molecule has 7 heteroatoms. The first-order chi connectivity index (χ1) is 17.3. The maximum atomic E-state index is 14.0. The Morgan fingerprint density at radius 2 is 1.81 bits per heavy atom. The van der Waals surface area contributed by atoms with Gasteiger partial charge in [-0.05, 0) is 48.1 Å². The third-order valence-electron chi connectivity index (χ3n) is 7.68. The molecular weight excluding hydrogens is 456 g/mol. The van der Waals surface area contributed by atoms with Crippen LogP contribution < -0.4 is 5.32 Å². The minimum Gasteiger partial charge on any atom is -0.466 e. The van der Waals surface area contributed by atoms with Crippen molar-refractivity contribution in [2.75, 3.05) is 18.5 Å². The van der Waals surface area contributed by atoms with Gasteiger partial charge in [0.05, 0.1) is 31.1 Å². The number of likely N-dealkylation sites (tertiary alicyclic amines) is 1. The number of benzene rings is 2. The molecule has 0 spiro atoms. The second-order valence-electron chi connectivity index (χ2n) is 10.1. The van der Waals surface area contributed by atoms with E-state index in [9.17, 15) is 19.5 Å². The highest BCUT2D eigenvalue weighted by molar-refractivity contribution is 6.02. The Hall–Kier alpha value is -3.19. The van der Waals surface area contributed by atoms with Gasteiger partial charge in [0.2, 0.25) is 11.8 Å². The monoisotopic (exact) mass is 492 g/mol. The second kappa shape index (κ2) is 10.8. The summed E-state index contributed by atoms with van der Waals surface area (Å²) in [5.74, 6) is -3.10. The fourth-order valence-corrected chi connectivity index (χ4v) is 5.85. The number of fused-ring (bicyclic) bond motifs is 2. The summed E-state index contributed by atoms with van der Waals surface area (Å²) in [6.07, 6.45) is 4.56. The molecule has 2 N–H and O–H groups in total. The van der Waals surface area contributed by atoms with Gasteiger partial charge in [-0.1, -0.05) is 63.3 Å². The molecule has 2 amide bonds. The third kappa shape index (κ3) is 4.64. The Balaban J connectivity index is 1.73. The average molecular weight is 493 g/mol. The number of ether oxygens (including phenoxy) is 1. The highest BCUT2D eigenvalue weighted by Gasteiger charge is 2.59. The van der Waals surface area contributed by atoms with E-state index in [4.69, 9.17) is 4.74 Å². The van der Waals surface area contributed by atoms with Crippen LogP contribution >= 0.6 is 0 Å². The van der Waals surface area contributed by atoms with Crippen molar-refractivity contribution in [2.24, 2.45) is 29.6 Å². The zero-order chi connectivity index (χ0) is 26.0. The number of hydrogen-bond acceptors (Lipinski definition) is 5. The molecule has 2 aromatic carbocycles. The van der Waals surface area contributed by atoms with Crippen molar-refractivity contribution in [3.8, 4) is 0 Å². The molecular formula is C29H36N2O5. The minimum absolute atomic E-state index is 0.0814. The predicted octanol–water partition coefficient (Wildman–Crippen LogP) is 4.01. The SMILES string of the molecule is CCOC(=O)[C@H]1[C@H]2C(=O)N([C@@H](CO)C(C)C)[C@H](C(=O)Nc3ccc4ccccc4c3)[C@H]2C=C[C@H]1CC. The molecule has 1 fully saturated rings. The minimum atomic E-state index is -0.848. The van der Waals surface area contributed by atoms with E-state index in [1.807, 2.05) is 75.4 Å². The molecule has 1 heterocycles. The van der Waals surface area contributed by atoms with Crippen molar-refractivity contribution in [1.29, 1.82) is 0 Å². The summed E-state index contributed by atoms with van der Waals surface area (Å²) in [4.78, 5) is 42.4. The van der Waals surface area contributed by atoms with Crippen molar-refractivity contribution in [3.63, 3.8) is 0 Å². The predicted molar refractivity (Wildman–Crippen MR) is 139 cm³/mol.